The van der Waals surface area contributed by atoms with Crippen LogP contribution in [0.25, 0.3) is 0 Å². The molecule has 120 valence electrons. The van der Waals surface area contributed by atoms with Crippen LogP contribution in [0.4, 0.5) is 5.69 Å². The molecule has 0 saturated carbocycles. The Morgan fingerprint density at radius 2 is 2.00 bits per heavy atom. The molecule has 9 nitrogen and oxygen atoms in total. The summed E-state index contributed by atoms with van der Waals surface area (Å²) in [7, 11) is -4.04. The van der Waals surface area contributed by atoms with Crippen molar-refractivity contribution < 1.29 is 18.1 Å². The zero-order valence-electron chi connectivity index (χ0n) is 11.3. The molecule has 0 aliphatic rings. The van der Waals surface area contributed by atoms with E-state index in [0.717, 1.165) is 12.3 Å². The van der Waals surface area contributed by atoms with Gasteiger partial charge < -0.3 is 0 Å². The van der Waals surface area contributed by atoms with E-state index < -0.39 is 20.9 Å². The summed E-state index contributed by atoms with van der Waals surface area (Å²) in [5, 5.41) is 10.8. The molecular formula is C12H9ClN4O5S. The number of carbonyl (C=O) groups is 1. The Morgan fingerprint density at radius 3 is 2.61 bits per heavy atom. The Bertz CT molecular complexity index is 854. The molecular weight excluding hydrogens is 348 g/mol. The van der Waals surface area contributed by atoms with Crippen LogP contribution in [0.15, 0.2) is 47.5 Å². The van der Waals surface area contributed by atoms with E-state index in [2.05, 4.69) is 4.98 Å². The van der Waals surface area contributed by atoms with Crippen molar-refractivity contribution in [2.45, 2.75) is 4.90 Å². The van der Waals surface area contributed by atoms with Gasteiger partial charge in [-0.15, -0.1) is 4.83 Å². The average molecular weight is 357 g/mol. The molecule has 11 heteroatoms. The van der Waals surface area contributed by atoms with Gasteiger partial charge in [-0.2, -0.15) is 0 Å². The topological polar surface area (TPSA) is 131 Å². The number of nitrogens with zero attached hydrogens (tertiary/aromatic N) is 2. The highest BCUT2D eigenvalue weighted by Gasteiger charge is 2.17. The predicted octanol–water partition coefficient (Wildman–Crippen LogP) is 1.27. The SMILES string of the molecule is O=C(NNS(=O)(=O)c1ccc(Cl)nc1)c1cccc([N+](=O)[O-])c1. The van der Waals surface area contributed by atoms with E-state index in [1.54, 1.807) is 0 Å². The summed E-state index contributed by atoms with van der Waals surface area (Å²) in [4.78, 5) is 27.1. The molecule has 0 saturated heterocycles. The number of benzene rings is 1. The number of carbonyl (C=O) groups excluding carboxylic acids is 1. The fraction of sp³-hybridized carbons (Fsp3) is 0. The highest BCUT2D eigenvalue weighted by molar-refractivity contribution is 7.89. The molecule has 0 spiro atoms. The van der Waals surface area contributed by atoms with E-state index >= 15 is 0 Å². The van der Waals surface area contributed by atoms with Crippen molar-refractivity contribution in [2.24, 2.45) is 0 Å². The van der Waals surface area contributed by atoms with E-state index in [4.69, 9.17) is 11.6 Å². The summed E-state index contributed by atoms with van der Waals surface area (Å²) in [6.07, 6.45) is 1.02. The molecule has 0 aliphatic heterocycles. The van der Waals surface area contributed by atoms with Crippen LogP contribution in [0, 0.1) is 10.1 Å². The minimum atomic E-state index is -4.04. The first-order valence-corrected chi connectivity index (χ1v) is 7.84. The number of amides is 1. The molecule has 2 N–H and O–H groups in total. The summed E-state index contributed by atoms with van der Waals surface area (Å²) in [6.45, 7) is 0. The van der Waals surface area contributed by atoms with Crippen molar-refractivity contribution in [3.05, 3.63) is 63.4 Å². The Morgan fingerprint density at radius 1 is 1.26 bits per heavy atom. The molecule has 2 rings (SSSR count). The van der Waals surface area contributed by atoms with Gasteiger partial charge in [0, 0.05) is 23.9 Å². The van der Waals surface area contributed by atoms with Crippen LogP contribution < -0.4 is 10.3 Å². The van der Waals surface area contributed by atoms with Crippen molar-refractivity contribution in [2.75, 3.05) is 0 Å². The van der Waals surface area contributed by atoms with Crippen LogP contribution in [0.1, 0.15) is 10.4 Å². The maximum Gasteiger partial charge on any atom is 0.270 e. The van der Waals surface area contributed by atoms with Crippen molar-refractivity contribution in [3.8, 4) is 0 Å². The molecule has 1 aromatic carbocycles. The lowest BCUT2D eigenvalue weighted by Crippen LogP contribution is -2.41. The number of rotatable bonds is 5. The first kappa shape index (κ1) is 16.8. The van der Waals surface area contributed by atoms with Gasteiger partial charge in [0.1, 0.15) is 10.0 Å². The van der Waals surface area contributed by atoms with E-state index in [1.807, 2.05) is 10.3 Å². The number of nitro groups is 1. The van der Waals surface area contributed by atoms with Gasteiger partial charge in [0.2, 0.25) is 0 Å². The number of pyridine rings is 1. The van der Waals surface area contributed by atoms with Crippen LogP contribution >= 0.6 is 11.6 Å². The quantitative estimate of drug-likeness (QED) is 0.471. The third kappa shape index (κ3) is 4.22. The van der Waals surface area contributed by atoms with E-state index in [-0.39, 0.29) is 21.3 Å². The molecule has 1 aromatic heterocycles. The fourth-order valence-corrected chi connectivity index (χ4v) is 2.42. The maximum absolute atomic E-state index is 11.9. The number of non-ortho nitro benzene ring substituents is 1. The van der Waals surface area contributed by atoms with Crippen molar-refractivity contribution in [1.82, 2.24) is 15.2 Å². The molecule has 23 heavy (non-hydrogen) atoms. The highest BCUT2D eigenvalue weighted by atomic mass is 35.5. The zero-order valence-corrected chi connectivity index (χ0v) is 12.8. The second-order valence-electron chi connectivity index (χ2n) is 4.18. The van der Waals surface area contributed by atoms with Gasteiger partial charge in [-0.25, -0.2) is 13.4 Å². The molecule has 0 aliphatic carbocycles. The number of nitro benzene ring substituents is 1. The van der Waals surface area contributed by atoms with Gasteiger partial charge in [-0.1, -0.05) is 17.7 Å². The third-order valence-corrected chi connectivity index (χ3v) is 4.09. The first-order valence-electron chi connectivity index (χ1n) is 5.98. The summed E-state index contributed by atoms with van der Waals surface area (Å²) in [5.74, 6) is -0.848. The van der Waals surface area contributed by atoms with Gasteiger partial charge in [0.05, 0.1) is 4.92 Å². The molecule has 0 radical (unpaired) electrons. The van der Waals surface area contributed by atoms with Crippen LogP contribution in [0.5, 0.6) is 0 Å². The van der Waals surface area contributed by atoms with Crippen molar-refractivity contribution in [1.29, 1.82) is 0 Å². The molecule has 1 heterocycles. The van der Waals surface area contributed by atoms with E-state index in [0.29, 0.717) is 0 Å². The molecule has 2 aromatic rings. The second-order valence-corrected chi connectivity index (χ2v) is 6.25. The third-order valence-electron chi connectivity index (χ3n) is 2.63. The number of hydrazine groups is 1. The highest BCUT2D eigenvalue weighted by Crippen LogP contribution is 2.13. The summed E-state index contributed by atoms with van der Waals surface area (Å²) >= 11 is 5.56. The molecule has 0 fully saturated rings. The van der Waals surface area contributed by atoms with E-state index in [1.165, 1.54) is 30.3 Å². The van der Waals surface area contributed by atoms with Gasteiger partial charge in [-0.3, -0.25) is 20.3 Å². The van der Waals surface area contributed by atoms with E-state index in [9.17, 15) is 23.3 Å². The minimum Gasteiger partial charge on any atom is -0.273 e. The van der Waals surface area contributed by atoms with Crippen molar-refractivity contribution in [3.63, 3.8) is 0 Å². The number of sulfonamides is 1. The Balaban J connectivity index is 2.10. The lowest BCUT2D eigenvalue weighted by atomic mass is 10.2. The molecule has 0 atom stereocenters. The largest absolute Gasteiger partial charge is 0.273 e. The second kappa shape index (κ2) is 6.69. The Labute approximate surface area is 135 Å². The Hall–Kier alpha value is -2.56. The number of nitrogens with one attached hydrogen (secondary N) is 2. The summed E-state index contributed by atoms with van der Waals surface area (Å²) < 4.78 is 23.9. The minimum absolute atomic E-state index is 0.0730. The Kier molecular flexibility index (Phi) is 4.89. The average Bonchev–Trinajstić information content (AvgIpc) is 2.53. The smallest absolute Gasteiger partial charge is 0.270 e. The molecule has 1 amide bonds. The van der Waals surface area contributed by atoms with Gasteiger partial charge >= 0.3 is 0 Å². The van der Waals surface area contributed by atoms with Crippen molar-refractivity contribution >= 4 is 33.2 Å². The number of hydrogen-bond acceptors (Lipinski definition) is 6. The van der Waals surface area contributed by atoms with Crippen LogP contribution in [-0.2, 0) is 10.0 Å². The van der Waals surface area contributed by atoms with Crippen LogP contribution in [0.2, 0.25) is 5.15 Å². The summed E-state index contributed by atoms with van der Waals surface area (Å²) in [6, 6.07) is 7.33. The number of hydrogen-bond donors (Lipinski definition) is 2. The normalized spacial score (nSPS) is 11.0. The molecule has 0 unspecified atom stereocenters. The number of aromatic nitrogens is 1. The summed E-state index contributed by atoms with van der Waals surface area (Å²) in [5.41, 5.74) is 1.60. The van der Waals surface area contributed by atoms with Gasteiger partial charge in [-0.05, 0) is 18.2 Å². The zero-order chi connectivity index (χ0) is 17.0. The van der Waals surface area contributed by atoms with Crippen LogP contribution in [-0.4, -0.2) is 24.2 Å². The monoisotopic (exact) mass is 356 g/mol. The lowest BCUT2D eigenvalue weighted by molar-refractivity contribution is -0.384. The van der Waals surface area contributed by atoms with Gasteiger partial charge in [0.25, 0.3) is 21.6 Å². The van der Waals surface area contributed by atoms with Crippen LogP contribution in [0.3, 0.4) is 0 Å². The van der Waals surface area contributed by atoms with Gasteiger partial charge in [0.15, 0.2) is 0 Å². The molecule has 0 bridgehead atoms. The lowest BCUT2D eigenvalue weighted by Gasteiger charge is -2.08. The maximum atomic E-state index is 11.9. The standard InChI is InChI=1S/C12H9ClN4O5S/c13-11-5-4-10(7-14-11)23(21,22)16-15-12(18)8-2-1-3-9(6-8)17(19)20/h1-7,16H,(H,15,18). The number of halogens is 1. The fourth-order valence-electron chi connectivity index (χ4n) is 1.53. The predicted molar refractivity (Wildman–Crippen MR) is 80.1 cm³/mol. The first-order chi connectivity index (χ1) is 10.8.